The van der Waals surface area contributed by atoms with Gasteiger partial charge in [0.1, 0.15) is 6.04 Å². The van der Waals surface area contributed by atoms with E-state index in [-0.39, 0.29) is 25.7 Å². The van der Waals surface area contributed by atoms with Gasteiger partial charge in [-0.25, -0.2) is 0 Å². The van der Waals surface area contributed by atoms with Gasteiger partial charge in [0.25, 0.3) is 0 Å². The fraction of sp³-hybridized carbons (Fsp3) is 0.667. The first kappa shape index (κ1) is 14.8. The van der Waals surface area contributed by atoms with Crippen LogP contribution in [0.5, 0.6) is 0 Å². The van der Waals surface area contributed by atoms with Gasteiger partial charge in [0, 0.05) is 6.54 Å². The second kappa shape index (κ2) is 7.96. The molecule has 13 heavy (non-hydrogen) atoms. The van der Waals surface area contributed by atoms with E-state index in [0.29, 0.717) is 19.4 Å². The molecule has 0 rings (SSSR count). The summed E-state index contributed by atoms with van der Waals surface area (Å²) in [6.45, 7) is 0.420. The zero-order chi connectivity index (χ0) is 9.56. The van der Waals surface area contributed by atoms with Crippen molar-refractivity contribution in [2.75, 3.05) is 6.54 Å². The molecule has 7 heteroatoms. The average Bonchev–Trinajstić information content (AvgIpc) is 1.97. The Labute approximate surface area is 89.6 Å². The second-order valence-corrected chi connectivity index (χ2v) is 2.39. The first-order valence-electron chi connectivity index (χ1n) is 3.58. The van der Waals surface area contributed by atoms with Crippen molar-refractivity contribution >= 4 is 11.9 Å². The SMILES string of the molecule is NC(N)=NCCCC(N)C(=O)O.[Os+2]. The minimum absolute atomic E-state index is 0. The number of carboxylic acids is 1. The molecule has 0 aromatic heterocycles. The number of carboxylic acid groups (broad SMARTS) is 1. The molecule has 0 saturated heterocycles. The minimum Gasteiger partial charge on any atom is -0.480 e. The molecule has 0 aromatic rings. The van der Waals surface area contributed by atoms with Gasteiger partial charge in [-0.2, -0.15) is 0 Å². The quantitative estimate of drug-likeness (QED) is 0.267. The molecule has 0 aliphatic rings. The Balaban J connectivity index is 0. The van der Waals surface area contributed by atoms with Gasteiger partial charge in [-0.3, -0.25) is 9.79 Å². The van der Waals surface area contributed by atoms with Gasteiger partial charge in [0.15, 0.2) is 5.96 Å². The number of nitrogens with two attached hydrogens (primary N) is 3. The van der Waals surface area contributed by atoms with E-state index < -0.39 is 12.0 Å². The molecule has 0 saturated carbocycles. The van der Waals surface area contributed by atoms with E-state index in [2.05, 4.69) is 4.99 Å². The number of nitrogens with zero attached hydrogens (tertiary/aromatic N) is 1. The predicted molar refractivity (Wildman–Crippen MR) is 45.5 cm³/mol. The van der Waals surface area contributed by atoms with E-state index in [1.165, 1.54) is 0 Å². The number of carbonyl (C=O) groups is 1. The van der Waals surface area contributed by atoms with E-state index in [4.69, 9.17) is 22.3 Å². The zero-order valence-corrected chi connectivity index (χ0v) is 9.63. The van der Waals surface area contributed by atoms with E-state index in [0.717, 1.165) is 0 Å². The Morgan fingerprint density at radius 2 is 2.00 bits per heavy atom. The molecule has 1 unspecified atom stereocenters. The third-order valence-electron chi connectivity index (χ3n) is 1.28. The molecule has 76 valence electrons. The van der Waals surface area contributed by atoms with Crippen LogP contribution in [-0.2, 0) is 24.6 Å². The molecular weight excluding hydrogens is 350 g/mol. The van der Waals surface area contributed by atoms with Crippen LogP contribution in [-0.4, -0.2) is 29.6 Å². The summed E-state index contributed by atoms with van der Waals surface area (Å²) in [5, 5.41) is 8.38. The Hall–Kier alpha value is -0.664. The van der Waals surface area contributed by atoms with Crippen molar-refractivity contribution in [2.45, 2.75) is 18.9 Å². The summed E-state index contributed by atoms with van der Waals surface area (Å²) in [4.78, 5) is 13.9. The zero-order valence-electron chi connectivity index (χ0n) is 7.09. The summed E-state index contributed by atoms with van der Waals surface area (Å²) in [7, 11) is 0. The van der Waals surface area contributed by atoms with Crippen LogP contribution < -0.4 is 17.2 Å². The summed E-state index contributed by atoms with van der Waals surface area (Å²) >= 11 is 0. The van der Waals surface area contributed by atoms with Crippen LogP contribution in [0.1, 0.15) is 12.8 Å². The van der Waals surface area contributed by atoms with Gasteiger partial charge in [0.2, 0.25) is 0 Å². The van der Waals surface area contributed by atoms with E-state index in [1.807, 2.05) is 0 Å². The molecular formula is C6H14N4O2Os+2. The van der Waals surface area contributed by atoms with Crippen LogP contribution >= 0.6 is 0 Å². The molecule has 0 bridgehead atoms. The van der Waals surface area contributed by atoms with Crippen molar-refractivity contribution in [3.05, 3.63) is 0 Å². The molecule has 0 aliphatic carbocycles. The first-order chi connectivity index (χ1) is 5.54. The summed E-state index contributed by atoms with van der Waals surface area (Å²) in [6, 6.07) is -0.820. The van der Waals surface area contributed by atoms with Crippen molar-refractivity contribution in [2.24, 2.45) is 22.2 Å². The maximum absolute atomic E-state index is 10.2. The van der Waals surface area contributed by atoms with Crippen LogP contribution in [0.2, 0.25) is 0 Å². The summed E-state index contributed by atoms with van der Waals surface area (Å²) in [6.07, 6.45) is 0.956. The summed E-state index contributed by atoms with van der Waals surface area (Å²) in [5.74, 6) is -0.987. The van der Waals surface area contributed by atoms with Gasteiger partial charge < -0.3 is 22.3 Å². The van der Waals surface area contributed by atoms with Gasteiger partial charge in [-0.1, -0.05) is 0 Å². The Morgan fingerprint density at radius 3 is 2.38 bits per heavy atom. The van der Waals surface area contributed by atoms with Crippen molar-refractivity contribution in [1.82, 2.24) is 0 Å². The number of guanidine groups is 1. The summed E-state index contributed by atoms with van der Waals surface area (Å²) < 4.78 is 0. The fourth-order valence-corrected chi connectivity index (χ4v) is 0.643. The monoisotopic (exact) mass is 366 g/mol. The molecule has 7 N–H and O–H groups in total. The second-order valence-electron chi connectivity index (χ2n) is 2.39. The Morgan fingerprint density at radius 1 is 1.46 bits per heavy atom. The Kier molecular flexibility index (Phi) is 9.08. The maximum Gasteiger partial charge on any atom is 2.00 e. The van der Waals surface area contributed by atoms with Crippen LogP contribution in [0.25, 0.3) is 0 Å². The van der Waals surface area contributed by atoms with Gasteiger partial charge in [0.05, 0.1) is 0 Å². The molecule has 0 radical (unpaired) electrons. The number of aliphatic carboxylic acids is 1. The van der Waals surface area contributed by atoms with Crippen LogP contribution in [0.3, 0.4) is 0 Å². The maximum atomic E-state index is 10.2. The van der Waals surface area contributed by atoms with Gasteiger partial charge in [-0.15, -0.1) is 0 Å². The normalized spacial score (nSPS) is 11.2. The minimum atomic E-state index is -1.00. The molecule has 0 aromatic carbocycles. The van der Waals surface area contributed by atoms with Crippen LogP contribution in [0.15, 0.2) is 4.99 Å². The first-order valence-corrected chi connectivity index (χ1v) is 3.58. The van der Waals surface area contributed by atoms with Gasteiger partial charge >= 0.3 is 25.8 Å². The van der Waals surface area contributed by atoms with E-state index in [1.54, 1.807) is 0 Å². The standard InChI is InChI=1S/C6H14N4O2.Os/c7-4(5(11)12)2-1-3-10-6(8)9;/h4H,1-3,7H2,(H,11,12)(H4,8,9,10);/q;+2. The smallest absolute Gasteiger partial charge is 0.480 e. The molecule has 0 aliphatic heterocycles. The van der Waals surface area contributed by atoms with E-state index >= 15 is 0 Å². The molecule has 0 heterocycles. The molecule has 0 amide bonds. The van der Waals surface area contributed by atoms with Crippen LogP contribution in [0, 0.1) is 0 Å². The van der Waals surface area contributed by atoms with Crippen molar-refractivity contribution in [3.8, 4) is 0 Å². The largest absolute Gasteiger partial charge is 2.00 e. The Bertz CT molecular complexity index is 181. The number of rotatable bonds is 5. The summed E-state index contributed by atoms with van der Waals surface area (Å²) in [5.41, 5.74) is 15.3. The molecule has 6 nitrogen and oxygen atoms in total. The fourth-order valence-electron chi connectivity index (χ4n) is 0.643. The van der Waals surface area contributed by atoms with E-state index in [9.17, 15) is 4.79 Å². The number of aliphatic imine (C=N–C) groups is 1. The number of hydrogen-bond donors (Lipinski definition) is 4. The van der Waals surface area contributed by atoms with Crippen molar-refractivity contribution in [3.63, 3.8) is 0 Å². The molecule has 0 fully saturated rings. The third kappa shape index (κ3) is 9.25. The van der Waals surface area contributed by atoms with Crippen LogP contribution in [0.4, 0.5) is 0 Å². The average molecular weight is 364 g/mol. The van der Waals surface area contributed by atoms with Crippen molar-refractivity contribution in [1.29, 1.82) is 0 Å². The van der Waals surface area contributed by atoms with Gasteiger partial charge in [-0.05, 0) is 12.8 Å². The topological polar surface area (TPSA) is 128 Å². The molecule has 1 atom stereocenters. The molecule has 0 spiro atoms. The number of hydrogen-bond acceptors (Lipinski definition) is 3. The third-order valence-corrected chi connectivity index (χ3v) is 1.28. The van der Waals surface area contributed by atoms with Crippen molar-refractivity contribution < 1.29 is 29.7 Å². The predicted octanol–water partition coefficient (Wildman–Crippen LogP) is -1.55.